The molecule has 1 fully saturated rings. The van der Waals surface area contributed by atoms with E-state index >= 15 is 0 Å². The van der Waals surface area contributed by atoms with Gasteiger partial charge in [-0.3, -0.25) is 4.79 Å². The first-order valence-electron chi connectivity index (χ1n) is 5.93. The van der Waals surface area contributed by atoms with Gasteiger partial charge >= 0.3 is 0 Å². The minimum absolute atomic E-state index is 0.138. The van der Waals surface area contributed by atoms with Crippen LogP contribution in [0.2, 0.25) is 0 Å². The Hall–Kier alpha value is -1.76. The fourth-order valence-electron chi connectivity index (χ4n) is 2.07. The maximum atomic E-state index is 11.8. The van der Waals surface area contributed by atoms with Crippen molar-refractivity contribution in [2.45, 2.75) is 39.2 Å². The summed E-state index contributed by atoms with van der Waals surface area (Å²) < 4.78 is 5.69. The topological polar surface area (TPSA) is 62.1 Å². The molecule has 0 bridgehead atoms. The van der Waals surface area contributed by atoms with E-state index in [4.69, 9.17) is 10.00 Å². The van der Waals surface area contributed by atoms with Crippen molar-refractivity contribution in [1.29, 1.82) is 5.26 Å². The lowest BCUT2D eigenvalue weighted by Gasteiger charge is -2.31. The van der Waals surface area contributed by atoms with Gasteiger partial charge in [-0.05, 0) is 31.3 Å². The molecule has 90 valence electrons. The SMILES string of the molecule is CC(C)CC1OC2=CCCC(C#N)=C2NC1=O. The van der Waals surface area contributed by atoms with Gasteiger partial charge in [0.05, 0.1) is 17.3 Å². The summed E-state index contributed by atoms with van der Waals surface area (Å²) in [6, 6.07) is 2.12. The van der Waals surface area contributed by atoms with Crippen molar-refractivity contribution in [2.24, 2.45) is 5.92 Å². The van der Waals surface area contributed by atoms with Gasteiger partial charge in [0.15, 0.2) is 6.10 Å². The average molecular weight is 232 g/mol. The van der Waals surface area contributed by atoms with Crippen molar-refractivity contribution < 1.29 is 9.53 Å². The predicted molar refractivity (Wildman–Crippen MR) is 62.4 cm³/mol. The molecule has 0 radical (unpaired) electrons. The second-order valence-electron chi connectivity index (χ2n) is 4.80. The maximum Gasteiger partial charge on any atom is 0.265 e. The lowest BCUT2D eigenvalue weighted by molar-refractivity contribution is -0.133. The molecule has 0 aromatic carbocycles. The number of carbonyl (C=O) groups excluding carboxylic acids is 1. The molecule has 1 atom stereocenters. The van der Waals surface area contributed by atoms with Gasteiger partial charge in [-0.2, -0.15) is 5.26 Å². The number of ether oxygens (including phenoxy) is 1. The van der Waals surface area contributed by atoms with E-state index in [1.54, 1.807) is 0 Å². The second-order valence-corrected chi connectivity index (χ2v) is 4.80. The van der Waals surface area contributed by atoms with E-state index in [0.29, 0.717) is 35.8 Å². The zero-order valence-electron chi connectivity index (χ0n) is 10.1. The summed E-state index contributed by atoms with van der Waals surface area (Å²) in [4.78, 5) is 11.8. The van der Waals surface area contributed by atoms with Crippen molar-refractivity contribution in [3.63, 3.8) is 0 Å². The molecule has 2 aliphatic rings. The van der Waals surface area contributed by atoms with Gasteiger partial charge in [0, 0.05) is 0 Å². The van der Waals surface area contributed by atoms with Crippen LogP contribution in [0.15, 0.2) is 23.1 Å². The monoisotopic (exact) mass is 232 g/mol. The van der Waals surface area contributed by atoms with Crippen LogP contribution in [0.3, 0.4) is 0 Å². The van der Waals surface area contributed by atoms with Gasteiger partial charge in [-0.1, -0.05) is 13.8 Å². The van der Waals surface area contributed by atoms with Crippen LogP contribution >= 0.6 is 0 Å². The zero-order valence-corrected chi connectivity index (χ0v) is 10.1. The molecule has 1 saturated heterocycles. The molecule has 1 aliphatic carbocycles. The largest absolute Gasteiger partial charge is 0.479 e. The van der Waals surface area contributed by atoms with E-state index in [0.717, 1.165) is 6.42 Å². The van der Waals surface area contributed by atoms with E-state index in [-0.39, 0.29) is 5.91 Å². The van der Waals surface area contributed by atoms with Crippen molar-refractivity contribution in [3.8, 4) is 6.07 Å². The molecule has 4 nitrogen and oxygen atoms in total. The molecule has 1 N–H and O–H groups in total. The summed E-state index contributed by atoms with van der Waals surface area (Å²) in [5.41, 5.74) is 1.18. The quantitative estimate of drug-likeness (QED) is 0.792. The lowest BCUT2D eigenvalue weighted by Crippen LogP contribution is -2.43. The molecule has 2 rings (SSSR count). The molecule has 1 aliphatic heterocycles. The summed E-state index contributed by atoms with van der Waals surface area (Å²) in [6.07, 6.45) is 3.68. The van der Waals surface area contributed by atoms with Crippen LogP contribution in [-0.4, -0.2) is 12.0 Å². The summed E-state index contributed by atoms with van der Waals surface area (Å²) in [6.45, 7) is 4.11. The average Bonchev–Trinajstić information content (AvgIpc) is 2.29. The molecular weight excluding hydrogens is 216 g/mol. The Balaban J connectivity index is 2.21. The highest BCUT2D eigenvalue weighted by molar-refractivity contribution is 5.85. The number of hydrogen-bond acceptors (Lipinski definition) is 3. The molecule has 17 heavy (non-hydrogen) atoms. The van der Waals surface area contributed by atoms with Crippen LogP contribution in [0.25, 0.3) is 0 Å². The molecule has 4 heteroatoms. The van der Waals surface area contributed by atoms with Gasteiger partial charge in [0.25, 0.3) is 5.91 Å². The van der Waals surface area contributed by atoms with Crippen LogP contribution in [0.4, 0.5) is 0 Å². The number of morpholine rings is 1. The van der Waals surface area contributed by atoms with Crippen LogP contribution in [0.1, 0.15) is 33.1 Å². The van der Waals surface area contributed by atoms with Gasteiger partial charge in [-0.15, -0.1) is 0 Å². The number of rotatable bonds is 2. The number of nitrogens with zero attached hydrogens (tertiary/aromatic N) is 1. The Morgan fingerprint density at radius 1 is 1.65 bits per heavy atom. The third kappa shape index (κ3) is 2.33. The van der Waals surface area contributed by atoms with E-state index < -0.39 is 6.10 Å². The fraction of sp³-hybridized carbons (Fsp3) is 0.538. The normalized spacial score (nSPS) is 23.5. The Morgan fingerprint density at radius 2 is 2.41 bits per heavy atom. The first-order valence-corrected chi connectivity index (χ1v) is 5.93. The number of nitrogens with one attached hydrogen (secondary N) is 1. The summed E-state index contributed by atoms with van der Waals surface area (Å²) in [7, 11) is 0. The van der Waals surface area contributed by atoms with Crippen LogP contribution in [0, 0.1) is 17.2 Å². The predicted octanol–water partition coefficient (Wildman–Crippen LogP) is 2.00. The van der Waals surface area contributed by atoms with Crippen LogP contribution in [-0.2, 0) is 9.53 Å². The van der Waals surface area contributed by atoms with E-state index in [9.17, 15) is 4.79 Å². The molecule has 1 amide bonds. The third-order valence-electron chi connectivity index (χ3n) is 2.90. The Morgan fingerprint density at radius 3 is 3.06 bits per heavy atom. The highest BCUT2D eigenvalue weighted by Gasteiger charge is 2.32. The summed E-state index contributed by atoms with van der Waals surface area (Å²) in [5.74, 6) is 0.925. The molecule has 1 unspecified atom stereocenters. The van der Waals surface area contributed by atoms with E-state index in [2.05, 4.69) is 25.2 Å². The van der Waals surface area contributed by atoms with Crippen LogP contribution < -0.4 is 5.32 Å². The second kappa shape index (κ2) is 4.62. The standard InChI is InChI=1S/C13H16N2O2/c1-8(2)6-11-13(16)15-12-9(7-14)4-3-5-10(12)17-11/h5,8,11H,3-4,6H2,1-2H3,(H,15,16). The number of fused-ring (bicyclic) bond motifs is 1. The van der Waals surface area contributed by atoms with Crippen molar-refractivity contribution in [2.75, 3.05) is 0 Å². The van der Waals surface area contributed by atoms with Crippen LogP contribution in [0.5, 0.6) is 0 Å². The minimum atomic E-state index is -0.428. The molecule has 0 aromatic rings. The first-order chi connectivity index (χ1) is 8.11. The zero-order chi connectivity index (χ0) is 12.4. The third-order valence-corrected chi connectivity index (χ3v) is 2.90. The molecule has 1 heterocycles. The number of allylic oxidation sites excluding steroid dienone is 2. The van der Waals surface area contributed by atoms with Gasteiger partial charge in [-0.25, -0.2) is 0 Å². The molecular formula is C13H16N2O2. The van der Waals surface area contributed by atoms with E-state index in [1.165, 1.54) is 0 Å². The van der Waals surface area contributed by atoms with Crippen molar-refractivity contribution in [3.05, 3.63) is 23.1 Å². The number of amides is 1. The van der Waals surface area contributed by atoms with Crippen molar-refractivity contribution in [1.82, 2.24) is 5.32 Å². The Labute approximate surface area is 101 Å². The molecule has 0 aromatic heterocycles. The maximum absolute atomic E-state index is 11.8. The molecule has 0 spiro atoms. The molecule has 0 saturated carbocycles. The van der Waals surface area contributed by atoms with Gasteiger partial charge < -0.3 is 10.1 Å². The Bertz CT molecular complexity index is 441. The minimum Gasteiger partial charge on any atom is -0.479 e. The van der Waals surface area contributed by atoms with Gasteiger partial charge in [0.1, 0.15) is 5.76 Å². The fourth-order valence-corrected chi connectivity index (χ4v) is 2.07. The van der Waals surface area contributed by atoms with Gasteiger partial charge in [0.2, 0.25) is 0 Å². The van der Waals surface area contributed by atoms with E-state index in [1.807, 2.05) is 6.08 Å². The van der Waals surface area contributed by atoms with Crippen molar-refractivity contribution >= 4 is 5.91 Å². The summed E-state index contributed by atoms with van der Waals surface area (Å²) >= 11 is 0. The highest BCUT2D eigenvalue weighted by atomic mass is 16.5. The lowest BCUT2D eigenvalue weighted by atomic mass is 9.98. The Kier molecular flexibility index (Phi) is 3.19. The highest BCUT2D eigenvalue weighted by Crippen LogP contribution is 2.29. The number of hydrogen-bond donors (Lipinski definition) is 1. The summed E-state index contributed by atoms with van der Waals surface area (Å²) in [5, 5.41) is 11.8. The first kappa shape index (κ1) is 11.7. The number of nitriles is 1. The number of carbonyl (C=O) groups is 1. The smallest absolute Gasteiger partial charge is 0.265 e.